The predicted octanol–water partition coefficient (Wildman–Crippen LogP) is 0.637. The molecule has 1 N–H and O–H groups in total. The molecule has 0 aromatic rings. The Kier molecular flexibility index (Phi) is 7.04. The van der Waals surface area contributed by atoms with Crippen LogP contribution in [0, 0.1) is 0 Å². The van der Waals surface area contributed by atoms with E-state index in [2.05, 4.69) is 42.9 Å². The molecule has 0 aromatic heterocycles. The van der Waals surface area contributed by atoms with Crippen molar-refractivity contribution in [3.63, 3.8) is 0 Å². The smallest absolute Gasteiger partial charge is 0.0829 e. The molecule has 1 fully saturated rings. The number of ether oxygens (including phenoxy) is 1. The molecule has 0 saturated carbocycles. The lowest BCUT2D eigenvalue weighted by Gasteiger charge is -2.34. The SMILES string of the molecule is CCN1CCOC(CN(C)CCNC(C)C)C1. The molecule has 0 aliphatic carbocycles. The first kappa shape index (κ1) is 14.9. The zero-order chi connectivity index (χ0) is 12.7. The zero-order valence-corrected chi connectivity index (χ0v) is 11.9. The molecule has 0 amide bonds. The van der Waals surface area contributed by atoms with Gasteiger partial charge < -0.3 is 15.0 Å². The van der Waals surface area contributed by atoms with Crippen LogP contribution in [0.2, 0.25) is 0 Å². The van der Waals surface area contributed by atoms with Crippen molar-refractivity contribution in [2.75, 3.05) is 52.9 Å². The van der Waals surface area contributed by atoms with Crippen molar-refractivity contribution in [2.45, 2.75) is 32.9 Å². The molecule has 1 heterocycles. The highest BCUT2D eigenvalue weighted by atomic mass is 16.5. The van der Waals surface area contributed by atoms with Gasteiger partial charge in [-0.15, -0.1) is 0 Å². The fourth-order valence-electron chi connectivity index (χ4n) is 2.16. The number of likely N-dealkylation sites (N-methyl/N-ethyl adjacent to an activating group) is 2. The number of hydrogen-bond acceptors (Lipinski definition) is 4. The van der Waals surface area contributed by atoms with E-state index in [1.807, 2.05) is 0 Å². The third-order valence-corrected chi connectivity index (χ3v) is 3.23. The monoisotopic (exact) mass is 243 g/mol. The van der Waals surface area contributed by atoms with Crippen molar-refractivity contribution in [1.29, 1.82) is 0 Å². The molecule has 17 heavy (non-hydrogen) atoms. The maximum Gasteiger partial charge on any atom is 0.0829 e. The summed E-state index contributed by atoms with van der Waals surface area (Å²) >= 11 is 0. The van der Waals surface area contributed by atoms with Crippen LogP contribution >= 0.6 is 0 Å². The molecule has 0 aromatic carbocycles. The minimum absolute atomic E-state index is 0.382. The van der Waals surface area contributed by atoms with Gasteiger partial charge in [-0.1, -0.05) is 20.8 Å². The van der Waals surface area contributed by atoms with E-state index in [1.165, 1.54) is 0 Å². The summed E-state index contributed by atoms with van der Waals surface area (Å²) in [6, 6.07) is 0.574. The summed E-state index contributed by atoms with van der Waals surface area (Å²) < 4.78 is 5.80. The molecule has 1 rings (SSSR count). The molecule has 1 aliphatic rings. The molecule has 0 spiro atoms. The number of hydrogen-bond donors (Lipinski definition) is 1. The highest BCUT2D eigenvalue weighted by Gasteiger charge is 2.20. The molecule has 1 saturated heterocycles. The van der Waals surface area contributed by atoms with Crippen LogP contribution in [0.3, 0.4) is 0 Å². The molecular weight excluding hydrogens is 214 g/mol. The topological polar surface area (TPSA) is 27.7 Å². The van der Waals surface area contributed by atoms with Gasteiger partial charge in [-0.2, -0.15) is 0 Å². The van der Waals surface area contributed by atoms with Crippen LogP contribution in [-0.2, 0) is 4.74 Å². The Morgan fingerprint density at radius 1 is 1.47 bits per heavy atom. The van der Waals surface area contributed by atoms with Gasteiger partial charge in [-0.3, -0.25) is 4.90 Å². The molecule has 1 unspecified atom stereocenters. The van der Waals surface area contributed by atoms with Crippen molar-refractivity contribution in [2.24, 2.45) is 0 Å². The van der Waals surface area contributed by atoms with Crippen molar-refractivity contribution in [3.8, 4) is 0 Å². The lowest BCUT2D eigenvalue weighted by molar-refractivity contribution is -0.0387. The van der Waals surface area contributed by atoms with Crippen molar-refractivity contribution in [1.82, 2.24) is 15.1 Å². The fourth-order valence-corrected chi connectivity index (χ4v) is 2.16. The van der Waals surface area contributed by atoms with Crippen molar-refractivity contribution < 1.29 is 4.74 Å². The molecule has 102 valence electrons. The van der Waals surface area contributed by atoms with Crippen molar-refractivity contribution >= 4 is 0 Å². The second-order valence-electron chi connectivity index (χ2n) is 5.26. The van der Waals surface area contributed by atoms with Crippen LogP contribution in [0.5, 0.6) is 0 Å². The highest BCUT2D eigenvalue weighted by Crippen LogP contribution is 2.05. The van der Waals surface area contributed by atoms with Crippen LogP contribution in [-0.4, -0.2) is 74.9 Å². The second kappa shape index (κ2) is 8.03. The van der Waals surface area contributed by atoms with Gasteiger partial charge in [0.25, 0.3) is 0 Å². The lowest BCUT2D eigenvalue weighted by Crippen LogP contribution is -2.47. The van der Waals surface area contributed by atoms with Gasteiger partial charge in [0.05, 0.1) is 12.7 Å². The molecule has 4 nitrogen and oxygen atoms in total. The Balaban J connectivity index is 2.14. The van der Waals surface area contributed by atoms with E-state index in [1.54, 1.807) is 0 Å². The van der Waals surface area contributed by atoms with Gasteiger partial charge in [0, 0.05) is 38.8 Å². The average molecular weight is 243 g/mol. The van der Waals surface area contributed by atoms with E-state index in [4.69, 9.17) is 4.74 Å². The number of nitrogens with one attached hydrogen (secondary N) is 1. The summed E-state index contributed by atoms with van der Waals surface area (Å²) in [6.07, 6.45) is 0.382. The Morgan fingerprint density at radius 2 is 2.24 bits per heavy atom. The van der Waals surface area contributed by atoms with Crippen LogP contribution in [0.15, 0.2) is 0 Å². The quantitative estimate of drug-likeness (QED) is 0.710. The third kappa shape index (κ3) is 6.36. The molecule has 1 aliphatic heterocycles. The highest BCUT2D eigenvalue weighted by molar-refractivity contribution is 4.73. The van der Waals surface area contributed by atoms with Gasteiger partial charge in [-0.25, -0.2) is 0 Å². The zero-order valence-electron chi connectivity index (χ0n) is 11.9. The summed E-state index contributed by atoms with van der Waals surface area (Å²) in [5, 5.41) is 3.44. The molecule has 0 bridgehead atoms. The van der Waals surface area contributed by atoms with E-state index < -0.39 is 0 Å². The number of rotatable bonds is 7. The maximum absolute atomic E-state index is 5.80. The van der Waals surface area contributed by atoms with Gasteiger partial charge in [0.1, 0.15) is 0 Å². The van der Waals surface area contributed by atoms with Gasteiger partial charge in [0.2, 0.25) is 0 Å². The fraction of sp³-hybridized carbons (Fsp3) is 1.00. The van der Waals surface area contributed by atoms with Crippen LogP contribution in [0.25, 0.3) is 0 Å². The van der Waals surface area contributed by atoms with Crippen LogP contribution < -0.4 is 5.32 Å². The summed E-state index contributed by atoms with van der Waals surface area (Å²) in [6.45, 7) is 14.0. The first-order valence-corrected chi connectivity index (χ1v) is 6.87. The van der Waals surface area contributed by atoms with Crippen LogP contribution in [0.1, 0.15) is 20.8 Å². The maximum atomic E-state index is 5.80. The first-order valence-electron chi connectivity index (χ1n) is 6.87. The second-order valence-corrected chi connectivity index (χ2v) is 5.26. The summed E-state index contributed by atoms with van der Waals surface area (Å²) in [5.74, 6) is 0. The molecule has 4 heteroatoms. The van der Waals surface area contributed by atoms with E-state index in [-0.39, 0.29) is 0 Å². The van der Waals surface area contributed by atoms with Gasteiger partial charge in [0.15, 0.2) is 0 Å². The van der Waals surface area contributed by atoms with E-state index in [9.17, 15) is 0 Å². The summed E-state index contributed by atoms with van der Waals surface area (Å²) in [7, 11) is 2.18. The normalized spacial score (nSPS) is 22.6. The van der Waals surface area contributed by atoms with Gasteiger partial charge >= 0.3 is 0 Å². The Bertz CT molecular complexity index is 199. The molecule has 0 radical (unpaired) electrons. The van der Waals surface area contributed by atoms with Crippen LogP contribution in [0.4, 0.5) is 0 Å². The third-order valence-electron chi connectivity index (χ3n) is 3.23. The molecule has 1 atom stereocenters. The predicted molar refractivity (Wildman–Crippen MR) is 72.5 cm³/mol. The Hall–Kier alpha value is -0.160. The summed E-state index contributed by atoms with van der Waals surface area (Å²) in [5.41, 5.74) is 0. The largest absolute Gasteiger partial charge is 0.374 e. The van der Waals surface area contributed by atoms with Crippen molar-refractivity contribution in [3.05, 3.63) is 0 Å². The minimum atomic E-state index is 0.382. The minimum Gasteiger partial charge on any atom is -0.374 e. The van der Waals surface area contributed by atoms with E-state index in [0.717, 1.165) is 45.9 Å². The summed E-state index contributed by atoms with van der Waals surface area (Å²) in [4.78, 5) is 4.83. The lowest BCUT2D eigenvalue weighted by atomic mass is 10.2. The standard InChI is InChI=1S/C13H29N3O/c1-5-16-8-9-17-13(11-16)10-15(4)7-6-14-12(2)3/h12-14H,5-11H2,1-4H3. The Morgan fingerprint density at radius 3 is 2.88 bits per heavy atom. The molecular formula is C13H29N3O. The number of nitrogens with zero attached hydrogens (tertiary/aromatic N) is 2. The average Bonchev–Trinajstić information content (AvgIpc) is 2.28. The van der Waals surface area contributed by atoms with Gasteiger partial charge in [-0.05, 0) is 13.6 Å². The number of morpholine rings is 1. The first-order chi connectivity index (χ1) is 8.11. The van der Waals surface area contributed by atoms with E-state index in [0.29, 0.717) is 12.1 Å². The Labute approximate surface area is 106 Å². The van der Waals surface area contributed by atoms with E-state index >= 15 is 0 Å².